The van der Waals surface area contributed by atoms with Gasteiger partial charge in [-0.3, -0.25) is 4.90 Å². The summed E-state index contributed by atoms with van der Waals surface area (Å²) in [6.07, 6.45) is 2.95. The fraction of sp³-hybridized carbons (Fsp3) is 0.600. The lowest BCUT2D eigenvalue weighted by atomic mass is 10.0. The second kappa shape index (κ2) is 6.68. The van der Waals surface area contributed by atoms with Crippen molar-refractivity contribution in [3.8, 4) is 10.7 Å². The number of nitrogens with zero attached hydrogens (tertiary/aromatic N) is 3. The second-order valence-electron chi connectivity index (χ2n) is 5.64. The fourth-order valence-electron chi connectivity index (χ4n) is 2.96. The van der Waals surface area contributed by atoms with Gasteiger partial charge in [0.2, 0.25) is 11.7 Å². The molecule has 0 spiro atoms. The zero-order valence-corrected chi connectivity index (χ0v) is 13.1. The molecular weight excluding hydrogens is 286 g/mol. The largest absolute Gasteiger partial charge is 0.395 e. The summed E-state index contributed by atoms with van der Waals surface area (Å²) in [5.41, 5.74) is 0. The molecule has 0 amide bonds. The van der Waals surface area contributed by atoms with Gasteiger partial charge in [0.1, 0.15) is 0 Å². The maximum atomic E-state index is 9.45. The van der Waals surface area contributed by atoms with E-state index in [-0.39, 0.29) is 6.61 Å². The molecule has 2 aromatic rings. The standard InChI is InChI=1S/C15H21N3O2S/c1-11-6-8-18(12(11)10-19)7-2-5-14-16-15(17-20-14)13-4-3-9-21-13/h3-4,9,11-12,19H,2,5-8,10H2,1H3. The van der Waals surface area contributed by atoms with E-state index in [4.69, 9.17) is 4.52 Å². The van der Waals surface area contributed by atoms with Crippen LogP contribution in [0.25, 0.3) is 10.7 Å². The third kappa shape index (κ3) is 3.33. The van der Waals surface area contributed by atoms with Crippen molar-refractivity contribution >= 4 is 11.3 Å². The third-order valence-electron chi connectivity index (χ3n) is 4.23. The van der Waals surface area contributed by atoms with Gasteiger partial charge in [-0.2, -0.15) is 4.98 Å². The Bertz CT molecular complexity index is 555. The average molecular weight is 307 g/mol. The predicted octanol–water partition coefficient (Wildman–Crippen LogP) is 2.43. The van der Waals surface area contributed by atoms with E-state index >= 15 is 0 Å². The Morgan fingerprint density at radius 1 is 1.52 bits per heavy atom. The van der Waals surface area contributed by atoms with Crippen LogP contribution in [-0.4, -0.2) is 45.9 Å². The van der Waals surface area contributed by atoms with Gasteiger partial charge >= 0.3 is 0 Å². The van der Waals surface area contributed by atoms with Gasteiger partial charge in [-0.15, -0.1) is 11.3 Å². The van der Waals surface area contributed by atoms with Crippen molar-refractivity contribution in [2.24, 2.45) is 5.92 Å². The van der Waals surface area contributed by atoms with E-state index in [1.165, 1.54) is 6.42 Å². The van der Waals surface area contributed by atoms with E-state index in [1.807, 2.05) is 17.5 Å². The van der Waals surface area contributed by atoms with Crippen molar-refractivity contribution < 1.29 is 9.63 Å². The molecule has 0 saturated carbocycles. The van der Waals surface area contributed by atoms with Gasteiger partial charge in [0.05, 0.1) is 11.5 Å². The van der Waals surface area contributed by atoms with Crippen LogP contribution in [0.5, 0.6) is 0 Å². The molecule has 2 aromatic heterocycles. The van der Waals surface area contributed by atoms with Gasteiger partial charge in [-0.25, -0.2) is 0 Å². The summed E-state index contributed by atoms with van der Waals surface area (Å²) in [5, 5.41) is 15.5. The molecule has 0 bridgehead atoms. The normalized spacial score (nSPS) is 23.0. The van der Waals surface area contributed by atoms with E-state index in [1.54, 1.807) is 11.3 Å². The van der Waals surface area contributed by atoms with Gasteiger partial charge in [-0.1, -0.05) is 18.1 Å². The average Bonchev–Trinajstić information content (AvgIpc) is 3.19. The highest BCUT2D eigenvalue weighted by Crippen LogP contribution is 2.24. The Morgan fingerprint density at radius 2 is 2.43 bits per heavy atom. The van der Waals surface area contributed by atoms with Crippen LogP contribution >= 0.6 is 11.3 Å². The zero-order valence-electron chi connectivity index (χ0n) is 12.2. The Morgan fingerprint density at radius 3 is 3.19 bits per heavy atom. The number of hydrogen-bond donors (Lipinski definition) is 1. The molecule has 1 aliphatic heterocycles. The Balaban J connectivity index is 1.50. The smallest absolute Gasteiger partial charge is 0.227 e. The molecule has 0 radical (unpaired) electrons. The highest BCUT2D eigenvalue weighted by atomic mass is 32.1. The SMILES string of the molecule is CC1CCN(CCCc2nc(-c3cccs3)no2)C1CO. The molecule has 1 saturated heterocycles. The van der Waals surface area contributed by atoms with Crippen LogP contribution in [0.1, 0.15) is 25.7 Å². The number of aromatic nitrogens is 2. The minimum absolute atomic E-state index is 0.254. The van der Waals surface area contributed by atoms with E-state index < -0.39 is 0 Å². The molecule has 2 atom stereocenters. The number of thiophene rings is 1. The summed E-state index contributed by atoms with van der Waals surface area (Å²) >= 11 is 1.62. The van der Waals surface area contributed by atoms with Gasteiger partial charge in [0.15, 0.2) is 0 Å². The number of aryl methyl sites for hydroxylation is 1. The topological polar surface area (TPSA) is 62.4 Å². The van der Waals surface area contributed by atoms with Crippen LogP contribution in [0, 0.1) is 5.92 Å². The lowest BCUT2D eigenvalue weighted by molar-refractivity contribution is 0.138. The van der Waals surface area contributed by atoms with E-state index in [9.17, 15) is 5.11 Å². The van der Waals surface area contributed by atoms with Crippen molar-refractivity contribution in [2.45, 2.75) is 32.2 Å². The van der Waals surface area contributed by atoms with Crippen molar-refractivity contribution in [1.29, 1.82) is 0 Å². The molecule has 6 heteroatoms. The van der Waals surface area contributed by atoms with Crippen LogP contribution < -0.4 is 0 Å². The lowest BCUT2D eigenvalue weighted by Crippen LogP contribution is -2.36. The van der Waals surface area contributed by atoms with Gasteiger partial charge < -0.3 is 9.63 Å². The fourth-order valence-corrected chi connectivity index (χ4v) is 3.61. The van der Waals surface area contributed by atoms with Gasteiger partial charge in [0.25, 0.3) is 0 Å². The van der Waals surface area contributed by atoms with Gasteiger partial charge in [0, 0.05) is 12.5 Å². The first-order valence-corrected chi connectivity index (χ1v) is 8.37. The minimum atomic E-state index is 0.254. The van der Waals surface area contributed by atoms with Crippen LogP contribution in [0.4, 0.5) is 0 Å². The maximum Gasteiger partial charge on any atom is 0.227 e. The summed E-state index contributed by atoms with van der Waals surface area (Å²) in [6.45, 7) is 4.53. The highest BCUT2D eigenvalue weighted by molar-refractivity contribution is 7.13. The van der Waals surface area contributed by atoms with Crippen molar-refractivity contribution in [1.82, 2.24) is 15.0 Å². The van der Waals surface area contributed by atoms with Crippen molar-refractivity contribution in [2.75, 3.05) is 19.7 Å². The molecular formula is C15H21N3O2S. The zero-order chi connectivity index (χ0) is 14.7. The summed E-state index contributed by atoms with van der Waals surface area (Å²) in [5.74, 6) is 1.97. The molecule has 3 rings (SSSR count). The van der Waals surface area contributed by atoms with Crippen LogP contribution in [0.2, 0.25) is 0 Å². The number of likely N-dealkylation sites (tertiary alicyclic amines) is 1. The highest BCUT2D eigenvalue weighted by Gasteiger charge is 2.29. The molecule has 2 unspecified atom stereocenters. The third-order valence-corrected chi connectivity index (χ3v) is 5.10. The molecule has 5 nitrogen and oxygen atoms in total. The number of aliphatic hydroxyl groups excluding tert-OH is 1. The van der Waals surface area contributed by atoms with E-state index in [0.717, 1.165) is 30.8 Å². The summed E-state index contributed by atoms with van der Waals surface area (Å²) in [6, 6.07) is 4.30. The predicted molar refractivity (Wildman–Crippen MR) is 82.2 cm³/mol. The monoisotopic (exact) mass is 307 g/mol. The molecule has 1 fully saturated rings. The molecule has 1 N–H and O–H groups in total. The summed E-state index contributed by atoms with van der Waals surface area (Å²) < 4.78 is 5.31. The van der Waals surface area contributed by atoms with Crippen LogP contribution in [0.15, 0.2) is 22.0 Å². The quantitative estimate of drug-likeness (QED) is 0.888. The van der Waals surface area contributed by atoms with Gasteiger partial charge in [-0.05, 0) is 43.3 Å². The Labute approximate surface area is 128 Å². The van der Waals surface area contributed by atoms with E-state index in [0.29, 0.717) is 23.7 Å². The first-order chi connectivity index (χ1) is 10.3. The molecule has 1 aliphatic rings. The number of aliphatic hydroxyl groups is 1. The maximum absolute atomic E-state index is 9.45. The summed E-state index contributed by atoms with van der Waals surface area (Å²) in [4.78, 5) is 7.85. The number of rotatable bonds is 6. The molecule has 21 heavy (non-hydrogen) atoms. The van der Waals surface area contributed by atoms with Crippen LogP contribution in [0.3, 0.4) is 0 Å². The first-order valence-electron chi connectivity index (χ1n) is 7.49. The summed E-state index contributed by atoms with van der Waals surface area (Å²) in [7, 11) is 0. The molecule has 0 aliphatic carbocycles. The second-order valence-corrected chi connectivity index (χ2v) is 6.59. The first kappa shape index (κ1) is 14.7. The Hall–Kier alpha value is -1.24. The van der Waals surface area contributed by atoms with Crippen molar-refractivity contribution in [3.05, 3.63) is 23.4 Å². The molecule has 114 valence electrons. The number of hydrogen-bond acceptors (Lipinski definition) is 6. The van der Waals surface area contributed by atoms with Crippen molar-refractivity contribution in [3.63, 3.8) is 0 Å². The lowest BCUT2D eigenvalue weighted by Gasteiger charge is -2.24. The minimum Gasteiger partial charge on any atom is -0.395 e. The Kier molecular flexibility index (Phi) is 4.67. The van der Waals surface area contributed by atoms with Crippen LogP contribution in [-0.2, 0) is 6.42 Å². The molecule has 0 aromatic carbocycles. The van der Waals surface area contributed by atoms with E-state index in [2.05, 4.69) is 22.0 Å². The molecule has 3 heterocycles.